The third-order valence-electron chi connectivity index (χ3n) is 8.64. The van der Waals surface area contributed by atoms with Crippen LogP contribution in [0.3, 0.4) is 0 Å². The lowest BCUT2D eigenvalue weighted by Crippen LogP contribution is -2.32. The molecule has 0 amide bonds. The molecule has 2 N–H and O–H groups in total. The van der Waals surface area contributed by atoms with Crippen molar-refractivity contribution in [1.82, 2.24) is 9.88 Å². The number of carboxylic acid groups (broad SMARTS) is 1. The summed E-state index contributed by atoms with van der Waals surface area (Å²) in [5, 5.41) is 19.8. The van der Waals surface area contributed by atoms with E-state index in [1.807, 2.05) is 18.2 Å². The van der Waals surface area contributed by atoms with Crippen molar-refractivity contribution in [3.8, 4) is 22.8 Å². The first-order valence-electron chi connectivity index (χ1n) is 14.1. The van der Waals surface area contributed by atoms with Gasteiger partial charge in [0.2, 0.25) is 5.88 Å². The number of benzene rings is 2. The number of hydrogen-bond acceptors (Lipinski definition) is 6. The summed E-state index contributed by atoms with van der Waals surface area (Å²) in [4.78, 5) is 17.8. The number of carboxylic acids is 1. The third kappa shape index (κ3) is 5.65. The molecule has 7 nitrogen and oxygen atoms in total. The van der Waals surface area contributed by atoms with E-state index in [2.05, 4.69) is 23.7 Å². The van der Waals surface area contributed by atoms with Gasteiger partial charge in [-0.25, -0.2) is 13.8 Å². The summed E-state index contributed by atoms with van der Waals surface area (Å²) >= 11 is 0. The van der Waals surface area contributed by atoms with Crippen LogP contribution in [0.2, 0.25) is 0 Å². The molecule has 41 heavy (non-hydrogen) atoms. The van der Waals surface area contributed by atoms with E-state index in [-0.39, 0.29) is 11.3 Å². The van der Waals surface area contributed by atoms with Crippen LogP contribution >= 0.6 is 0 Å². The summed E-state index contributed by atoms with van der Waals surface area (Å²) in [6.07, 6.45) is 2.51. The maximum atomic E-state index is 15.6. The molecule has 0 bridgehead atoms. The molecule has 3 aromatic rings. The van der Waals surface area contributed by atoms with E-state index in [0.29, 0.717) is 48.5 Å². The Kier molecular flexibility index (Phi) is 8.29. The Balaban J connectivity index is 1.52. The molecule has 0 radical (unpaired) electrons. The van der Waals surface area contributed by atoms with Gasteiger partial charge in [0.05, 0.1) is 25.3 Å². The Hall–Kier alpha value is -3.56. The summed E-state index contributed by atoms with van der Waals surface area (Å²) < 4.78 is 42.1. The zero-order valence-corrected chi connectivity index (χ0v) is 23.7. The lowest BCUT2D eigenvalue weighted by Gasteiger charge is -2.30. The maximum Gasteiger partial charge on any atom is 0.309 e. The van der Waals surface area contributed by atoms with Crippen LogP contribution in [-0.2, 0) is 17.8 Å². The van der Waals surface area contributed by atoms with E-state index in [0.717, 1.165) is 35.7 Å². The number of aliphatic hydroxyl groups is 1. The first-order chi connectivity index (χ1) is 19.6. The number of halogens is 2. The van der Waals surface area contributed by atoms with Crippen LogP contribution in [-0.4, -0.2) is 45.3 Å². The van der Waals surface area contributed by atoms with Crippen LogP contribution in [0, 0.1) is 17.6 Å². The zero-order valence-electron chi connectivity index (χ0n) is 23.7. The topological polar surface area (TPSA) is 92.1 Å². The van der Waals surface area contributed by atoms with E-state index in [1.165, 1.54) is 20.1 Å². The molecule has 218 valence electrons. The molecule has 0 spiro atoms. The number of hydrogen-bond donors (Lipinski definition) is 2. The number of rotatable bonds is 8. The molecule has 3 heterocycles. The number of likely N-dealkylation sites (tertiary alicyclic amines) is 1. The van der Waals surface area contributed by atoms with Crippen molar-refractivity contribution < 1.29 is 33.3 Å². The zero-order chi connectivity index (χ0) is 29.4. The second-order valence-corrected chi connectivity index (χ2v) is 11.2. The van der Waals surface area contributed by atoms with Gasteiger partial charge in [-0.2, -0.15) is 0 Å². The number of fused-ring (bicyclic) bond motifs is 1. The molecule has 2 aliphatic rings. The van der Waals surface area contributed by atoms with Crippen molar-refractivity contribution in [3.63, 3.8) is 0 Å². The Bertz CT molecular complexity index is 1440. The highest BCUT2D eigenvalue weighted by Gasteiger charge is 2.32. The predicted octanol–water partition coefficient (Wildman–Crippen LogP) is 6.23. The van der Waals surface area contributed by atoms with Crippen LogP contribution in [0.25, 0.3) is 11.1 Å². The fourth-order valence-electron chi connectivity index (χ4n) is 5.99. The summed E-state index contributed by atoms with van der Waals surface area (Å²) in [5.74, 6) is -3.24. The standard InChI is InChI=1S/C32H36F2N2O5/c1-17-5-6-18(2)36(17)16-22-13-21(8-10-23(22)25-14-28(40-4)35-15-26(25)33)27-12-9-20-7-11-24(29(34)31(20)41-27)30(37)19(3)32(38)39/h7-8,10-11,13-15,17-19,27,30,37H,5-6,9,12,16H2,1-4H3,(H,38,39)/t17-,18-,19+,27?,30-/m1/s1. The molecule has 2 aliphatic heterocycles. The van der Waals surface area contributed by atoms with Crippen LogP contribution in [0.1, 0.15) is 74.5 Å². The van der Waals surface area contributed by atoms with E-state index in [4.69, 9.17) is 9.47 Å². The van der Waals surface area contributed by atoms with Gasteiger partial charge in [0, 0.05) is 35.8 Å². The summed E-state index contributed by atoms with van der Waals surface area (Å²) in [7, 11) is 1.49. The Morgan fingerprint density at radius 3 is 2.54 bits per heavy atom. The van der Waals surface area contributed by atoms with E-state index >= 15 is 8.78 Å². The molecule has 1 aromatic heterocycles. The molecule has 1 unspecified atom stereocenters. The first-order valence-corrected chi connectivity index (χ1v) is 14.1. The second kappa shape index (κ2) is 11.7. The second-order valence-electron chi connectivity index (χ2n) is 11.2. The number of carbonyl (C=O) groups is 1. The van der Waals surface area contributed by atoms with Crippen molar-refractivity contribution >= 4 is 5.97 Å². The number of aromatic nitrogens is 1. The highest BCUT2D eigenvalue weighted by atomic mass is 19.1. The maximum absolute atomic E-state index is 15.6. The number of nitrogens with zero attached hydrogens (tertiary/aromatic N) is 2. The normalized spacial score (nSPS) is 22.1. The molecule has 5 atom stereocenters. The van der Waals surface area contributed by atoms with E-state index in [9.17, 15) is 15.0 Å². The molecule has 0 saturated carbocycles. The smallest absolute Gasteiger partial charge is 0.309 e. The Morgan fingerprint density at radius 1 is 1.12 bits per heavy atom. The van der Waals surface area contributed by atoms with Crippen molar-refractivity contribution in [2.75, 3.05) is 7.11 Å². The molecule has 1 saturated heterocycles. The Labute approximate surface area is 238 Å². The van der Waals surface area contributed by atoms with Crippen molar-refractivity contribution in [1.29, 1.82) is 0 Å². The number of aliphatic hydroxyl groups excluding tert-OH is 1. The minimum atomic E-state index is -1.51. The first kappa shape index (κ1) is 29.0. The fourth-order valence-corrected chi connectivity index (χ4v) is 5.99. The molecule has 2 aromatic carbocycles. The molecular weight excluding hydrogens is 530 g/mol. The van der Waals surface area contributed by atoms with Gasteiger partial charge in [-0.1, -0.05) is 30.3 Å². The molecule has 0 aliphatic carbocycles. The monoisotopic (exact) mass is 566 g/mol. The van der Waals surface area contributed by atoms with Gasteiger partial charge in [-0.05, 0) is 68.7 Å². The van der Waals surface area contributed by atoms with Crippen molar-refractivity contribution in [3.05, 3.63) is 76.5 Å². The Morgan fingerprint density at radius 2 is 1.85 bits per heavy atom. The number of ether oxygens (including phenoxy) is 2. The highest BCUT2D eigenvalue weighted by molar-refractivity contribution is 5.71. The molecule has 1 fully saturated rings. The lowest BCUT2D eigenvalue weighted by molar-refractivity contribution is -0.145. The quantitative estimate of drug-likeness (QED) is 0.334. The number of aliphatic carboxylic acids is 1. The van der Waals surface area contributed by atoms with Gasteiger partial charge in [0.15, 0.2) is 11.6 Å². The largest absolute Gasteiger partial charge is 0.482 e. The van der Waals surface area contributed by atoms with Gasteiger partial charge in [-0.15, -0.1) is 0 Å². The summed E-state index contributed by atoms with van der Waals surface area (Å²) in [5.41, 5.74) is 3.44. The van der Waals surface area contributed by atoms with Gasteiger partial charge in [0.25, 0.3) is 0 Å². The van der Waals surface area contributed by atoms with E-state index in [1.54, 1.807) is 12.1 Å². The van der Waals surface area contributed by atoms with Crippen molar-refractivity contribution in [2.24, 2.45) is 5.92 Å². The molecule has 9 heteroatoms. The lowest BCUT2D eigenvalue weighted by atomic mass is 9.90. The minimum absolute atomic E-state index is 0.0349. The molecule has 5 rings (SSSR count). The predicted molar refractivity (Wildman–Crippen MR) is 150 cm³/mol. The van der Waals surface area contributed by atoms with Crippen LogP contribution in [0.4, 0.5) is 8.78 Å². The van der Waals surface area contributed by atoms with Gasteiger partial charge < -0.3 is 19.7 Å². The number of methoxy groups -OCH3 is 1. The average Bonchev–Trinajstić information content (AvgIpc) is 3.29. The van der Waals surface area contributed by atoms with Crippen LogP contribution in [0.15, 0.2) is 42.6 Å². The van der Waals surface area contributed by atoms with Gasteiger partial charge >= 0.3 is 5.97 Å². The van der Waals surface area contributed by atoms with Crippen LogP contribution < -0.4 is 9.47 Å². The van der Waals surface area contributed by atoms with Gasteiger partial charge in [-0.3, -0.25) is 9.69 Å². The highest BCUT2D eigenvalue weighted by Crippen LogP contribution is 2.42. The number of pyridine rings is 1. The third-order valence-corrected chi connectivity index (χ3v) is 8.64. The van der Waals surface area contributed by atoms with E-state index < -0.39 is 35.7 Å². The fraction of sp³-hybridized carbons (Fsp3) is 0.438. The van der Waals surface area contributed by atoms with Crippen molar-refractivity contribution in [2.45, 2.75) is 77.3 Å². The summed E-state index contributed by atoms with van der Waals surface area (Å²) in [6, 6.07) is 11.2. The molecular formula is C32H36F2N2O5. The minimum Gasteiger partial charge on any atom is -0.482 e. The summed E-state index contributed by atoms with van der Waals surface area (Å²) in [6.45, 7) is 6.34. The SMILES string of the molecule is COc1cc(-c2ccc(C3CCc4ccc([C@H](O)[C@H](C)C(=O)O)c(F)c4O3)cc2CN2[C@H](C)CC[C@H]2C)c(F)cn1. The van der Waals surface area contributed by atoms with Gasteiger partial charge in [0.1, 0.15) is 11.9 Å². The van der Waals surface area contributed by atoms with Crippen LogP contribution in [0.5, 0.6) is 11.6 Å². The average molecular weight is 567 g/mol. The number of aryl methyl sites for hydroxylation is 1.